The smallest absolute Gasteiger partial charge is 0.268 e. The van der Waals surface area contributed by atoms with E-state index in [1.54, 1.807) is 6.07 Å². The van der Waals surface area contributed by atoms with E-state index < -0.39 is 20.2 Å². The number of rotatable bonds is 3. The summed E-state index contributed by atoms with van der Waals surface area (Å²) < 4.78 is 24.5. The van der Waals surface area contributed by atoms with Crippen LogP contribution in [0.25, 0.3) is 0 Å². The van der Waals surface area contributed by atoms with Crippen molar-refractivity contribution in [2.75, 3.05) is 16.1 Å². The van der Waals surface area contributed by atoms with Gasteiger partial charge in [0.2, 0.25) is 10.0 Å². The molecular weight excluding hydrogens is 268 g/mol. The minimum absolute atomic E-state index is 0.125. The van der Waals surface area contributed by atoms with Gasteiger partial charge in [0.15, 0.2) is 0 Å². The van der Waals surface area contributed by atoms with Gasteiger partial charge in [0, 0.05) is 18.7 Å². The van der Waals surface area contributed by atoms with E-state index in [2.05, 4.69) is 0 Å². The molecule has 0 aliphatic carbocycles. The number of hydrogen-bond donors (Lipinski definition) is 0. The molecule has 1 aromatic carbocycles. The second kappa shape index (κ2) is 4.15. The van der Waals surface area contributed by atoms with Crippen LogP contribution in [0.2, 0.25) is 0 Å². The predicted molar refractivity (Wildman–Crippen MR) is 63.8 cm³/mol. The molecule has 0 radical (unpaired) electrons. The number of sulfonamides is 1. The summed E-state index contributed by atoms with van der Waals surface area (Å²) in [5, 5.41) is 10.1. The van der Waals surface area contributed by atoms with E-state index in [0.29, 0.717) is 12.1 Å². The van der Waals surface area contributed by atoms with Crippen molar-refractivity contribution in [3.8, 4) is 0 Å². The van der Waals surface area contributed by atoms with Gasteiger partial charge in [0.1, 0.15) is 5.21 Å². The number of non-ortho nitro benzene ring substituents is 1. The van der Waals surface area contributed by atoms with E-state index in [1.807, 2.05) is 0 Å². The molecule has 0 amide bonds. The van der Waals surface area contributed by atoms with Crippen LogP contribution in [0.5, 0.6) is 0 Å². The number of benzene rings is 1. The molecule has 1 aromatic rings. The first-order chi connectivity index (χ1) is 7.95. The Kier molecular flexibility index (Phi) is 2.96. The monoisotopic (exact) mass is 276 g/mol. The second-order valence-electron chi connectivity index (χ2n) is 3.61. The molecule has 8 heteroatoms. The lowest BCUT2D eigenvalue weighted by molar-refractivity contribution is -0.384. The van der Waals surface area contributed by atoms with Gasteiger partial charge in [-0.2, -0.15) is 0 Å². The highest BCUT2D eigenvalue weighted by Gasteiger charge is 2.30. The normalized spacial score (nSPS) is 14.8. The predicted octanol–water partition coefficient (Wildman–Crippen LogP) is 1.48. The molecular formula is C9H9ClN2O4S. The molecule has 6 nitrogen and oxygen atoms in total. The Morgan fingerprint density at radius 2 is 2.18 bits per heavy atom. The minimum atomic E-state index is -3.58. The molecule has 0 fully saturated rings. The molecule has 0 spiro atoms. The molecule has 92 valence electrons. The van der Waals surface area contributed by atoms with E-state index in [9.17, 15) is 18.5 Å². The molecule has 2 rings (SSSR count). The molecule has 1 heterocycles. The van der Waals surface area contributed by atoms with E-state index in [0.717, 1.165) is 9.87 Å². The molecule has 1 aliphatic rings. The quantitative estimate of drug-likeness (QED) is 0.476. The third-order valence-corrected chi connectivity index (χ3v) is 4.76. The maximum atomic E-state index is 11.7. The average Bonchev–Trinajstić information content (AvgIpc) is 2.72. The molecule has 1 aliphatic heterocycles. The number of nitro benzene ring substituents is 1. The zero-order valence-electron chi connectivity index (χ0n) is 8.67. The van der Waals surface area contributed by atoms with Gasteiger partial charge in [-0.1, -0.05) is 6.07 Å². The molecule has 0 bridgehead atoms. The summed E-state index contributed by atoms with van der Waals surface area (Å²) in [6.07, 6.45) is 0.545. The van der Waals surface area contributed by atoms with Crippen LogP contribution in [0.1, 0.15) is 5.56 Å². The van der Waals surface area contributed by atoms with Gasteiger partial charge in [-0.3, -0.25) is 14.4 Å². The summed E-state index contributed by atoms with van der Waals surface area (Å²) in [4.78, 5) is 10.1. The zero-order valence-corrected chi connectivity index (χ0v) is 10.2. The van der Waals surface area contributed by atoms with E-state index >= 15 is 0 Å². The number of fused-ring (bicyclic) bond motifs is 1. The van der Waals surface area contributed by atoms with E-state index in [-0.39, 0.29) is 12.2 Å². The van der Waals surface area contributed by atoms with Crippen molar-refractivity contribution in [1.29, 1.82) is 0 Å². The van der Waals surface area contributed by atoms with Crippen molar-refractivity contribution < 1.29 is 13.3 Å². The second-order valence-corrected chi connectivity index (χ2v) is 6.09. The number of anilines is 1. The van der Waals surface area contributed by atoms with Crippen molar-refractivity contribution >= 4 is 33.0 Å². The summed E-state index contributed by atoms with van der Waals surface area (Å²) in [6, 6.07) is 4.22. The van der Waals surface area contributed by atoms with E-state index in [1.165, 1.54) is 12.1 Å². The average molecular weight is 277 g/mol. The maximum absolute atomic E-state index is 11.7. The fraction of sp³-hybridized carbons (Fsp3) is 0.333. The largest absolute Gasteiger partial charge is 0.271 e. The Morgan fingerprint density at radius 3 is 2.76 bits per heavy atom. The summed E-state index contributed by atoms with van der Waals surface area (Å²) in [5.74, 6) is 0. The number of alkyl halides is 1. The van der Waals surface area contributed by atoms with Crippen LogP contribution in [-0.4, -0.2) is 25.1 Å². The van der Waals surface area contributed by atoms with Gasteiger partial charge in [0.05, 0.1) is 10.6 Å². The third-order valence-electron chi connectivity index (χ3n) is 2.61. The van der Waals surface area contributed by atoms with Crippen LogP contribution < -0.4 is 4.31 Å². The molecule has 0 saturated heterocycles. The molecule has 17 heavy (non-hydrogen) atoms. The Labute approximate surface area is 103 Å². The summed E-state index contributed by atoms with van der Waals surface area (Å²) >= 11 is 5.38. The molecule has 0 atom stereocenters. The first-order valence-electron chi connectivity index (χ1n) is 4.79. The van der Waals surface area contributed by atoms with Crippen molar-refractivity contribution in [3.05, 3.63) is 33.9 Å². The Bertz CT molecular complexity index is 572. The minimum Gasteiger partial charge on any atom is -0.268 e. The lowest BCUT2D eigenvalue weighted by Gasteiger charge is -2.17. The molecule has 0 saturated carbocycles. The molecule has 0 N–H and O–H groups in total. The highest BCUT2D eigenvalue weighted by atomic mass is 35.5. The van der Waals surface area contributed by atoms with Crippen LogP contribution in [0.3, 0.4) is 0 Å². The van der Waals surface area contributed by atoms with Crippen LogP contribution >= 0.6 is 11.6 Å². The van der Waals surface area contributed by atoms with Gasteiger partial charge < -0.3 is 0 Å². The van der Waals surface area contributed by atoms with Crippen LogP contribution in [0.4, 0.5) is 11.4 Å². The first kappa shape index (κ1) is 12.1. The summed E-state index contributed by atoms with van der Waals surface area (Å²) in [5.41, 5.74) is 1.02. The van der Waals surface area contributed by atoms with E-state index in [4.69, 9.17) is 11.6 Å². The van der Waals surface area contributed by atoms with Crippen LogP contribution in [-0.2, 0) is 16.4 Å². The Hall–Kier alpha value is -1.34. The van der Waals surface area contributed by atoms with Crippen molar-refractivity contribution in [1.82, 2.24) is 0 Å². The van der Waals surface area contributed by atoms with Gasteiger partial charge in [-0.05, 0) is 12.0 Å². The standard InChI is InChI=1S/C9H9ClN2O4S/c10-6-17(15,16)11-4-3-7-1-2-8(12(13)14)5-9(7)11/h1-2,5H,3-4,6H2. The zero-order chi connectivity index (χ0) is 12.6. The lowest BCUT2D eigenvalue weighted by atomic mass is 10.1. The number of nitrogens with zero attached hydrogens (tertiary/aromatic N) is 2. The number of hydrogen-bond acceptors (Lipinski definition) is 4. The van der Waals surface area contributed by atoms with Crippen LogP contribution in [0.15, 0.2) is 18.2 Å². The Balaban J connectivity index is 2.50. The fourth-order valence-corrected chi connectivity index (χ4v) is 3.11. The molecule has 0 unspecified atom stereocenters. The van der Waals surface area contributed by atoms with Gasteiger partial charge in [-0.25, -0.2) is 8.42 Å². The number of halogens is 1. The van der Waals surface area contributed by atoms with Crippen molar-refractivity contribution in [3.63, 3.8) is 0 Å². The van der Waals surface area contributed by atoms with Gasteiger partial charge in [-0.15, -0.1) is 11.6 Å². The number of nitro groups is 1. The SMILES string of the molecule is O=[N+]([O-])c1ccc2c(c1)N(S(=O)(=O)CCl)CC2. The van der Waals surface area contributed by atoms with Gasteiger partial charge >= 0.3 is 0 Å². The third kappa shape index (κ3) is 2.07. The van der Waals surface area contributed by atoms with Crippen LogP contribution in [0, 0.1) is 10.1 Å². The highest BCUT2D eigenvalue weighted by Crippen LogP contribution is 2.33. The first-order valence-corrected chi connectivity index (χ1v) is 6.94. The topological polar surface area (TPSA) is 80.5 Å². The Morgan fingerprint density at radius 1 is 1.47 bits per heavy atom. The van der Waals surface area contributed by atoms with Crippen molar-refractivity contribution in [2.24, 2.45) is 0 Å². The summed E-state index contributed by atoms with van der Waals surface area (Å²) in [6.45, 7) is 0.283. The molecule has 0 aromatic heterocycles. The van der Waals surface area contributed by atoms with Crippen molar-refractivity contribution in [2.45, 2.75) is 6.42 Å². The maximum Gasteiger partial charge on any atom is 0.271 e. The fourth-order valence-electron chi connectivity index (χ4n) is 1.80. The highest BCUT2D eigenvalue weighted by molar-refractivity contribution is 7.93. The lowest BCUT2D eigenvalue weighted by Crippen LogP contribution is -2.29. The van der Waals surface area contributed by atoms with Gasteiger partial charge in [0.25, 0.3) is 5.69 Å². The summed E-state index contributed by atoms with van der Waals surface area (Å²) in [7, 11) is -3.58.